The molecule has 3 aromatic rings. The average Bonchev–Trinajstić information content (AvgIpc) is 2.89. The first-order valence-corrected chi connectivity index (χ1v) is 5.87. The van der Waals surface area contributed by atoms with E-state index in [4.69, 9.17) is 9.15 Å². The summed E-state index contributed by atoms with van der Waals surface area (Å²) in [5, 5.41) is 3.45. The van der Waals surface area contributed by atoms with Crippen molar-refractivity contribution in [2.45, 2.75) is 0 Å². The lowest BCUT2D eigenvalue weighted by atomic mass is 10.2. The quantitative estimate of drug-likeness (QED) is 0.791. The van der Waals surface area contributed by atoms with Gasteiger partial charge in [0, 0.05) is 12.4 Å². The number of fused-ring (bicyclic) bond motifs is 1. The number of methoxy groups -OCH3 is 1. The first kappa shape index (κ1) is 12.3. The summed E-state index contributed by atoms with van der Waals surface area (Å²) < 4.78 is 23.8. The topological polar surface area (TPSA) is 73.1 Å². The standard InChI is InChI=1S/C13H11FN4O2/c1-15-12-16-11(17-13(18-12)19-2)10-6-7-5-8(14)3-4-9(7)20-10/h3-6H,1-2H3,(H,15,16,17,18). The Kier molecular flexibility index (Phi) is 2.94. The van der Waals surface area contributed by atoms with Gasteiger partial charge in [-0.25, -0.2) is 4.39 Å². The molecule has 1 N–H and O–H groups in total. The lowest BCUT2D eigenvalue weighted by Gasteiger charge is -2.03. The van der Waals surface area contributed by atoms with Crippen molar-refractivity contribution >= 4 is 16.9 Å². The zero-order valence-electron chi connectivity index (χ0n) is 10.8. The van der Waals surface area contributed by atoms with E-state index in [0.29, 0.717) is 28.5 Å². The molecule has 2 heterocycles. The third-order valence-electron chi connectivity index (χ3n) is 2.72. The van der Waals surface area contributed by atoms with Crippen molar-refractivity contribution in [1.29, 1.82) is 0 Å². The highest BCUT2D eigenvalue weighted by Gasteiger charge is 2.13. The van der Waals surface area contributed by atoms with Crippen molar-refractivity contribution in [2.24, 2.45) is 0 Å². The molecule has 0 amide bonds. The molecular weight excluding hydrogens is 263 g/mol. The summed E-state index contributed by atoms with van der Waals surface area (Å²) in [6.07, 6.45) is 0. The van der Waals surface area contributed by atoms with Crippen LogP contribution in [-0.4, -0.2) is 29.1 Å². The monoisotopic (exact) mass is 274 g/mol. The van der Waals surface area contributed by atoms with Gasteiger partial charge >= 0.3 is 6.01 Å². The predicted molar refractivity (Wildman–Crippen MR) is 71.1 cm³/mol. The number of furan rings is 1. The molecule has 3 rings (SSSR count). The molecule has 0 unspecified atom stereocenters. The van der Waals surface area contributed by atoms with Gasteiger partial charge in [-0.15, -0.1) is 0 Å². The van der Waals surface area contributed by atoms with Crippen LogP contribution in [0.2, 0.25) is 0 Å². The number of nitrogens with one attached hydrogen (secondary N) is 1. The van der Waals surface area contributed by atoms with E-state index in [1.807, 2.05) is 0 Å². The molecule has 0 fully saturated rings. The van der Waals surface area contributed by atoms with E-state index < -0.39 is 0 Å². The molecule has 0 radical (unpaired) electrons. The first-order valence-electron chi connectivity index (χ1n) is 5.87. The van der Waals surface area contributed by atoms with E-state index in [1.54, 1.807) is 19.2 Å². The van der Waals surface area contributed by atoms with E-state index in [-0.39, 0.29) is 11.8 Å². The molecule has 0 bridgehead atoms. The van der Waals surface area contributed by atoms with Crippen LogP contribution in [0.3, 0.4) is 0 Å². The molecule has 0 aliphatic heterocycles. The maximum absolute atomic E-state index is 13.2. The zero-order chi connectivity index (χ0) is 14.1. The second-order valence-electron chi connectivity index (χ2n) is 4.01. The third kappa shape index (κ3) is 2.13. The normalized spacial score (nSPS) is 10.8. The van der Waals surface area contributed by atoms with Crippen molar-refractivity contribution in [3.05, 3.63) is 30.1 Å². The average molecular weight is 274 g/mol. The Labute approximate surface area is 113 Å². The van der Waals surface area contributed by atoms with Gasteiger partial charge in [0.25, 0.3) is 0 Å². The van der Waals surface area contributed by atoms with Gasteiger partial charge in [-0.3, -0.25) is 0 Å². The molecule has 0 aliphatic rings. The number of hydrogen-bond donors (Lipinski definition) is 1. The highest BCUT2D eigenvalue weighted by atomic mass is 19.1. The fourth-order valence-corrected chi connectivity index (χ4v) is 1.79. The number of benzene rings is 1. The van der Waals surface area contributed by atoms with Gasteiger partial charge in [0.2, 0.25) is 11.8 Å². The van der Waals surface area contributed by atoms with Crippen LogP contribution < -0.4 is 10.1 Å². The minimum atomic E-state index is -0.325. The van der Waals surface area contributed by atoms with E-state index in [1.165, 1.54) is 19.2 Å². The SMILES string of the molecule is CNc1nc(OC)nc(-c2cc3cc(F)ccc3o2)n1. The Balaban J connectivity index is 2.14. The largest absolute Gasteiger partial charge is 0.467 e. The first-order chi connectivity index (χ1) is 9.69. The highest BCUT2D eigenvalue weighted by molar-refractivity contribution is 5.81. The summed E-state index contributed by atoms with van der Waals surface area (Å²) in [6.45, 7) is 0. The number of rotatable bonds is 3. The van der Waals surface area contributed by atoms with Crippen LogP contribution in [0.5, 0.6) is 6.01 Å². The molecule has 102 valence electrons. The molecule has 0 atom stereocenters. The van der Waals surface area contributed by atoms with Crippen LogP contribution >= 0.6 is 0 Å². The van der Waals surface area contributed by atoms with Crippen LogP contribution in [0, 0.1) is 5.82 Å². The summed E-state index contributed by atoms with van der Waals surface area (Å²) in [6, 6.07) is 6.13. The Hall–Kier alpha value is -2.70. The zero-order valence-corrected chi connectivity index (χ0v) is 10.8. The van der Waals surface area contributed by atoms with Crippen LogP contribution in [0.4, 0.5) is 10.3 Å². The molecule has 0 aliphatic carbocycles. The molecule has 20 heavy (non-hydrogen) atoms. The lowest BCUT2D eigenvalue weighted by Crippen LogP contribution is -2.02. The van der Waals surface area contributed by atoms with Crippen molar-refractivity contribution in [1.82, 2.24) is 15.0 Å². The van der Waals surface area contributed by atoms with Gasteiger partial charge < -0.3 is 14.5 Å². The Morgan fingerprint density at radius 1 is 1.20 bits per heavy atom. The second kappa shape index (κ2) is 4.76. The van der Waals surface area contributed by atoms with Crippen molar-refractivity contribution in [2.75, 3.05) is 19.5 Å². The predicted octanol–water partition coefficient (Wildman–Crippen LogP) is 2.47. The van der Waals surface area contributed by atoms with Crippen LogP contribution in [0.25, 0.3) is 22.6 Å². The Bertz CT molecular complexity index is 750. The molecule has 0 spiro atoms. The van der Waals surface area contributed by atoms with Gasteiger partial charge in [0.15, 0.2) is 5.76 Å². The molecule has 0 saturated carbocycles. The number of hydrogen-bond acceptors (Lipinski definition) is 6. The number of nitrogens with zero attached hydrogens (tertiary/aromatic N) is 3. The van der Waals surface area contributed by atoms with Gasteiger partial charge in [0.05, 0.1) is 7.11 Å². The van der Waals surface area contributed by atoms with E-state index in [0.717, 1.165) is 0 Å². The minimum absolute atomic E-state index is 0.172. The Morgan fingerprint density at radius 2 is 2.05 bits per heavy atom. The fraction of sp³-hybridized carbons (Fsp3) is 0.154. The maximum atomic E-state index is 13.2. The minimum Gasteiger partial charge on any atom is -0.467 e. The number of aromatic nitrogens is 3. The van der Waals surface area contributed by atoms with Gasteiger partial charge in [-0.05, 0) is 24.3 Å². The molecule has 2 aromatic heterocycles. The van der Waals surface area contributed by atoms with Crippen molar-refractivity contribution in [3.8, 4) is 17.6 Å². The fourth-order valence-electron chi connectivity index (χ4n) is 1.79. The van der Waals surface area contributed by atoms with Crippen molar-refractivity contribution in [3.63, 3.8) is 0 Å². The van der Waals surface area contributed by atoms with E-state index >= 15 is 0 Å². The van der Waals surface area contributed by atoms with Gasteiger partial charge in [-0.2, -0.15) is 15.0 Å². The van der Waals surface area contributed by atoms with Crippen LogP contribution in [-0.2, 0) is 0 Å². The van der Waals surface area contributed by atoms with Crippen molar-refractivity contribution < 1.29 is 13.5 Å². The number of halogens is 1. The van der Waals surface area contributed by atoms with E-state index in [2.05, 4.69) is 20.3 Å². The summed E-state index contributed by atoms with van der Waals surface area (Å²) in [5.74, 6) is 0.771. The van der Waals surface area contributed by atoms with Crippen LogP contribution in [0.1, 0.15) is 0 Å². The second-order valence-corrected chi connectivity index (χ2v) is 4.01. The smallest absolute Gasteiger partial charge is 0.321 e. The molecule has 7 heteroatoms. The van der Waals surface area contributed by atoms with Gasteiger partial charge in [-0.1, -0.05) is 0 Å². The summed E-state index contributed by atoms with van der Waals surface area (Å²) >= 11 is 0. The molecule has 1 aromatic carbocycles. The molecular formula is C13H11FN4O2. The summed E-state index contributed by atoms with van der Waals surface area (Å²) in [7, 11) is 3.15. The summed E-state index contributed by atoms with van der Waals surface area (Å²) in [4.78, 5) is 12.3. The van der Waals surface area contributed by atoms with Crippen LogP contribution in [0.15, 0.2) is 28.7 Å². The highest BCUT2D eigenvalue weighted by Crippen LogP contribution is 2.27. The van der Waals surface area contributed by atoms with E-state index in [9.17, 15) is 4.39 Å². The Morgan fingerprint density at radius 3 is 2.80 bits per heavy atom. The maximum Gasteiger partial charge on any atom is 0.321 e. The third-order valence-corrected chi connectivity index (χ3v) is 2.72. The number of ether oxygens (including phenoxy) is 1. The molecule has 6 nitrogen and oxygen atoms in total. The lowest BCUT2D eigenvalue weighted by molar-refractivity contribution is 0.379. The van der Waals surface area contributed by atoms with Gasteiger partial charge in [0.1, 0.15) is 11.4 Å². The summed E-state index contributed by atoms with van der Waals surface area (Å²) in [5.41, 5.74) is 0.562. The number of anilines is 1. The molecule has 0 saturated heterocycles.